The molecule has 0 saturated carbocycles. The molecule has 17 heteroatoms. The molecule has 2 aromatic carbocycles. The molecular formula is C29H34O17. The van der Waals surface area contributed by atoms with Crippen molar-refractivity contribution in [1.29, 1.82) is 0 Å². The quantitative estimate of drug-likeness (QED) is 0.119. The second-order valence-electron chi connectivity index (χ2n) is 10.7. The molecule has 1 aromatic heterocycles. The fourth-order valence-electron chi connectivity index (χ4n) is 5.23. The first-order chi connectivity index (χ1) is 21.9. The minimum absolute atomic E-state index is 0.0184. The van der Waals surface area contributed by atoms with E-state index in [4.69, 9.17) is 32.8 Å². The maximum absolute atomic E-state index is 13.4. The Morgan fingerprint density at radius 3 is 2.07 bits per heavy atom. The second-order valence-corrected chi connectivity index (χ2v) is 10.7. The monoisotopic (exact) mass is 654 g/mol. The van der Waals surface area contributed by atoms with E-state index in [1.165, 1.54) is 32.4 Å². The van der Waals surface area contributed by atoms with Crippen LogP contribution in [0.2, 0.25) is 0 Å². The van der Waals surface area contributed by atoms with Crippen LogP contribution in [0.4, 0.5) is 0 Å². The van der Waals surface area contributed by atoms with Gasteiger partial charge in [-0.1, -0.05) is 6.07 Å². The van der Waals surface area contributed by atoms with Crippen molar-refractivity contribution < 1.29 is 78.8 Å². The lowest BCUT2D eigenvalue weighted by molar-refractivity contribution is -0.323. The van der Waals surface area contributed by atoms with Crippen molar-refractivity contribution in [2.75, 3.05) is 27.4 Å². The Morgan fingerprint density at radius 2 is 1.43 bits per heavy atom. The lowest BCUT2D eigenvalue weighted by atomic mass is 9.98. The van der Waals surface area contributed by atoms with Gasteiger partial charge in [0.05, 0.1) is 33.0 Å². The van der Waals surface area contributed by atoms with Crippen LogP contribution < -0.4 is 19.6 Å². The van der Waals surface area contributed by atoms with Gasteiger partial charge in [0, 0.05) is 6.07 Å². The summed E-state index contributed by atoms with van der Waals surface area (Å²) in [6, 6.07) is 5.09. The third kappa shape index (κ3) is 6.05. The number of phenolic OH excluding ortho intramolecular Hbond substituents is 2. The Kier molecular flexibility index (Phi) is 9.89. The molecule has 46 heavy (non-hydrogen) atoms. The topological polar surface area (TPSA) is 268 Å². The molecule has 0 spiro atoms. The highest BCUT2D eigenvalue weighted by atomic mass is 16.7. The van der Waals surface area contributed by atoms with Crippen LogP contribution in [0.25, 0.3) is 22.1 Å². The molecule has 2 fully saturated rings. The minimum atomic E-state index is -1.82. The van der Waals surface area contributed by atoms with Crippen molar-refractivity contribution in [3.05, 3.63) is 40.8 Å². The minimum Gasteiger partial charge on any atom is -0.504 e. The van der Waals surface area contributed by atoms with Gasteiger partial charge in [0.2, 0.25) is 17.5 Å². The number of methoxy groups -OCH3 is 2. The Bertz CT molecular complexity index is 1590. The van der Waals surface area contributed by atoms with Crippen LogP contribution in [0.1, 0.15) is 0 Å². The zero-order chi connectivity index (χ0) is 33.4. The van der Waals surface area contributed by atoms with Gasteiger partial charge in [-0.15, -0.1) is 0 Å². The predicted molar refractivity (Wildman–Crippen MR) is 151 cm³/mol. The van der Waals surface area contributed by atoms with E-state index in [9.17, 15) is 50.8 Å². The summed E-state index contributed by atoms with van der Waals surface area (Å²) in [5.41, 5.74) is -0.382. The van der Waals surface area contributed by atoms with Crippen LogP contribution >= 0.6 is 0 Å². The maximum atomic E-state index is 13.4. The molecule has 17 nitrogen and oxygen atoms in total. The van der Waals surface area contributed by atoms with Gasteiger partial charge in [-0.25, -0.2) is 0 Å². The molecule has 252 valence electrons. The number of aromatic hydroxyl groups is 2. The van der Waals surface area contributed by atoms with Crippen LogP contribution in [0.15, 0.2) is 39.7 Å². The van der Waals surface area contributed by atoms with Gasteiger partial charge in [0.1, 0.15) is 66.1 Å². The molecule has 0 radical (unpaired) electrons. The molecule has 2 saturated heterocycles. The lowest BCUT2D eigenvalue weighted by Gasteiger charge is -2.42. The molecule has 9 N–H and O–H groups in total. The maximum Gasteiger partial charge on any atom is 0.229 e. The van der Waals surface area contributed by atoms with E-state index in [2.05, 4.69) is 0 Å². The van der Waals surface area contributed by atoms with Gasteiger partial charge in [0.25, 0.3) is 0 Å². The highest BCUT2D eigenvalue weighted by Gasteiger charge is 2.48. The standard InChI is InChI=1S/C29H34O17/c1-40-15-6-14-18(27(41-2)22(15)35)19(32)11(8-42-14)10-3-4-13(12(31)5-10)44-29-26(39)24(37)21(34)17(46-29)9-43-28-25(38)23(36)20(33)16(7-30)45-28/h3-6,8,16-17,20-21,23-26,28-31,33-39H,7,9H2,1-2H3/t16-,17-,20+,21+,23+,24+,25+,26+,28+,29-/m0/s1. The summed E-state index contributed by atoms with van der Waals surface area (Å²) in [6.07, 6.45) is -15.2. The number of hydrogen-bond donors (Lipinski definition) is 9. The number of fused-ring (bicyclic) bond motifs is 1. The van der Waals surface area contributed by atoms with E-state index in [-0.39, 0.29) is 39.3 Å². The van der Waals surface area contributed by atoms with E-state index in [1.54, 1.807) is 0 Å². The molecule has 0 amide bonds. The molecule has 10 atom stereocenters. The molecule has 3 heterocycles. The molecule has 0 aliphatic carbocycles. The third-order valence-electron chi connectivity index (χ3n) is 7.84. The summed E-state index contributed by atoms with van der Waals surface area (Å²) in [5, 5.41) is 91.9. The van der Waals surface area contributed by atoms with Crippen molar-refractivity contribution in [2.24, 2.45) is 0 Å². The third-order valence-corrected chi connectivity index (χ3v) is 7.84. The van der Waals surface area contributed by atoms with Crippen molar-refractivity contribution in [3.63, 3.8) is 0 Å². The highest BCUT2D eigenvalue weighted by Crippen LogP contribution is 2.42. The van der Waals surface area contributed by atoms with Crippen molar-refractivity contribution in [2.45, 2.75) is 61.4 Å². The summed E-state index contributed by atoms with van der Waals surface area (Å²) in [7, 11) is 2.57. The van der Waals surface area contributed by atoms with Crippen LogP contribution in [-0.4, -0.2) is 135 Å². The number of aliphatic hydroxyl groups excluding tert-OH is 7. The molecule has 0 unspecified atom stereocenters. The Labute approximate surface area is 259 Å². The van der Waals surface area contributed by atoms with Crippen molar-refractivity contribution in [1.82, 2.24) is 0 Å². The second kappa shape index (κ2) is 13.5. The fourth-order valence-corrected chi connectivity index (χ4v) is 5.23. The van der Waals surface area contributed by atoms with E-state index in [1.807, 2.05) is 0 Å². The van der Waals surface area contributed by atoms with Gasteiger partial charge >= 0.3 is 0 Å². The first-order valence-corrected chi connectivity index (χ1v) is 13.9. The average Bonchev–Trinajstić information content (AvgIpc) is 3.05. The van der Waals surface area contributed by atoms with Crippen LogP contribution in [0, 0.1) is 0 Å². The lowest BCUT2D eigenvalue weighted by Crippen LogP contribution is -2.62. The molecule has 3 aromatic rings. The number of hydrogen-bond acceptors (Lipinski definition) is 17. The number of ether oxygens (including phenoxy) is 6. The zero-order valence-corrected chi connectivity index (χ0v) is 24.4. The van der Waals surface area contributed by atoms with Gasteiger partial charge < -0.3 is 78.8 Å². The summed E-state index contributed by atoms with van der Waals surface area (Å²) in [6.45, 7) is -1.28. The first kappa shape index (κ1) is 33.6. The molecule has 2 aliphatic heterocycles. The number of aliphatic hydroxyl groups is 7. The van der Waals surface area contributed by atoms with Gasteiger partial charge in [-0.2, -0.15) is 0 Å². The van der Waals surface area contributed by atoms with Crippen molar-refractivity contribution in [3.8, 4) is 39.9 Å². The molecule has 0 bridgehead atoms. The Balaban J connectivity index is 1.34. The molecule has 5 rings (SSSR count). The molecule has 2 aliphatic rings. The summed E-state index contributed by atoms with van der Waals surface area (Å²) < 4.78 is 37.7. The van der Waals surface area contributed by atoms with Gasteiger partial charge in [0.15, 0.2) is 29.3 Å². The van der Waals surface area contributed by atoms with E-state index in [0.29, 0.717) is 0 Å². The smallest absolute Gasteiger partial charge is 0.229 e. The van der Waals surface area contributed by atoms with Crippen LogP contribution in [0.3, 0.4) is 0 Å². The van der Waals surface area contributed by atoms with Crippen LogP contribution in [0.5, 0.6) is 28.7 Å². The summed E-state index contributed by atoms with van der Waals surface area (Å²) in [5.74, 6) is -1.35. The number of benzene rings is 2. The van der Waals surface area contributed by atoms with E-state index >= 15 is 0 Å². The largest absolute Gasteiger partial charge is 0.504 e. The number of rotatable bonds is 9. The normalized spacial score (nSPS) is 31.5. The number of phenols is 2. The summed E-state index contributed by atoms with van der Waals surface area (Å²) in [4.78, 5) is 13.4. The van der Waals surface area contributed by atoms with E-state index in [0.717, 1.165) is 12.3 Å². The first-order valence-electron chi connectivity index (χ1n) is 13.9. The molecular weight excluding hydrogens is 620 g/mol. The van der Waals surface area contributed by atoms with Gasteiger partial charge in [-0.3, -0.25) is 4.79 Å². The van der Waals surface area contributed by atoms with Crippen molar-refractivity contribution >= 4 is 11.0 Å². The summed E-state index contributed by atoms with van der Waals surface area (Å²) >= 11 is 0. The SMILES string of the molecule is COc1cc2occ(-c3ccc(O[C@H]4O[C@@H](CO[C@@H]5O[C@@H](CO)[C@@H](O)[C@@H](O)[C@H]5O)[C@@H](O)[C@@H](O)[C@H]4O)c(O)c3)c(=O)c2c(OC)c1O. The van der Waals surface area contributed by atoms with E-state index < -0.39 is 91.6 Å². The zero-order valence-electron chi connectivity index (χ0n) is 24.4. The average molecular weight is 655 g/mol. The van der Waals surface area contributed by atoms with Gasteiger partial charge in [-0.05, 0) is 17.7 Å². The Hall–Kier alpha value is -3.75. The Morgan fingerprint density at radius 1 is 0.783 bits per heavy atom. The van der Waals surface area contributed by atoms with Crippen LogP contribution in [-0.2, 0) is 14.2 Å². The predicted octanol–water partition coefficient (Wildman–Crippen LogP) is -2.11. The fraction of sp³-hybridized carbons (Fsp3) is 0.483. The highest BCUT2D eigenvalue weighted by molar-refractivity contribution is 5.91.